The molecule has 0 spiro atoms. The molecule has 1 atom stereocenters. The zero-order valence-corrected chi connectivity index (χ0v) is 10.6. The first-order valence-corrected chi connectivity index (χ1v) is 6.17. The quantitative estimate of drug-likeness (QED) is 0.740. The highest BCUT2D eigenvalue weighted by Gasteiger charge is 2.08. The van der Waals surface area contributed by atoms with Gasteiger partial charge in [-0.3, -0.25) is 0 Å². The SMILES string of the molecule is CCCCOCCC(O)c1ccc(F)c(C)c1. The lowest BCUT2D eigenvalue weighted by atomic mass is 10.0. The first-order valence-electron chi connectivity index (χ1n) is 6.17. The minimum Gasteiger partial charge on any atom is -0.388 e. The predicted octanol–water partition coefficient (Wildman–Crippen LogP) is 3.37. The molecule has 0 aromatic heterocycles. The van der Waals surface area contributed by atoms with E-state index in [2.05, 4.69) is 6.92 Å². The van der Waals surface area contributed by atoms with Gasteiger partial charge in [-0.1, -0.05) is 25.5 Å². The second-order valence-electron chi connectivity index (χ2n) is 4.28. The van der Waals surface area contributed by atoms with E-state index in [4.69, 9.17) is 4.74 Å². The van der Waals surface area contributed by atoms with E-state index in [1.165, 1.54) is 6.07 Å². The van der Waals surface area contributed by atoms with Gasteiger partial charge in [0.1, 0.15) is 5.82 Å². The molecule has 0 amide bonds. The molecule has 0 saturated heterocycles. The van der Waals surface area contributed by atoms with Crippen LogP contribution in [0.15, 0.2) is 18.2 Å². The zero-order chi connectivity index (χ0) is 12.7. The highest BCUT2D eigenvalue weighted by atomic mass is 19.1. The number of unbranched alkanes of at least 4 members (excludes halogenated alkanes) is 1. The number of benzene rings is 1. The van der Waals surface area contributed by atoms with Crippen LogP contribution in [0.25, 0.3) is 0 Å². The highest BCUT2D eigenvalue weighted by Crippen LogP contribution is 2.19. The lowest BCUT2D eigenvalue weighted by Gasteiger charge is -2.12. The van der Waals surface area contributed by atoms with Gasteiger partial charge in [-0.25, -0.2) is 4.39 Å². The maximum absolute atomic E-state index is 13.0. The third-order valence-electron chi connectivity index (χ3n) is 2.74. The Labute approximate surface area is 102 Å². The average molecular weight is 240 g/mol. The summed E-state index contributed by atoms with van der Waals surface area (Å²) in [5, 5.41) is 9.89. The van der Waals surface area contributed by atoms with Crippen molar-refractivity contribution in [3.8, 4) is 0 Å². The summed E-state index contributed by atoms with van der Waals surface area (Å²) in [6, 6.07) is 4.71. The van der Waals surface area contributed by atoms with Crippen LogP contribution in [0, 0.1) is 12.7 Å². The Hall–Kier alpha value is -0.930. The monoisotopic (exact) mass is 240 g/mol. The molecule has 0 radical (unpaired) electrons. The smallest absolute Gasteiger partial charge is 0.126 e. The summed E-state index contributed by atoms with van der Waals surface area (Å²) in [5.74, 6) is -0.236. The molecule has 1 aromatic rings. The van der Waals surface area contributed by atoms with Crippen LogP contribution in [0.3, 0.4) is 0 Å². The largest absolute Gasteiger partial charge is 0.388 e. The first-order chi connectivity index (χ1) is 8.15. The highest BCUT2D eigenvalue weighted by molar-refractivity contribution is 5.25. The van der Waals surface area contributed by atoms with Crippen molar-refractivity contribution < 1.29 is 14.2 Å². The first kappa shape index (κ1) is 14.1. The van der Waals surface area contributed by atoms with Crippen LogP contribution in [-0.4, -0.2) is 18.3 Å². The maximum Gasteiger partial charge on any atom is 0.126 e. The molecule has 0 bridgehead atoms. The average Bonchev–Trinajstić information content (AvgIpc) is 2.32. The minimum atomic E-state index is -0.573. The molecule has 0 aliphatic heterocycles. The molecule has 17 heavy (non-hydrogen) atoms. The normalized spacial score (nSPS) is 12.7. The van der Waals surface area contributed by atoms with Crippen LogP contribution in [-0.2, 0) is 4.74 Å². The van der Waals surface area contributed by atoms with Gasteiger partial charge < -0.3 is 9.84 Å². The number of aliphatic hydroxyl groups is 1. The summed E-state index contributed by atoms with van der Waals surface area (Å²) in [6.07, 6.45) is 2.14. The molecular formula is C14H21FO2. The Morgan fingerprint density at radius 2 is 2.12 bits per heavy atom. The van der Waals surface area contributed by atoms with E-state index in [1.54, 1.807) is 19.1 Å². The summed E-state index contributed by atoms with van der Waals surface area (Å²) in [7, 11) is 0. The minimum absolute atomic E-state index is 0.236. The molecule has 3 heteroatoms. The van der Waals surface area contributed by atoms with Crippen molar-refractivity contribution in [1.82, 2.24) is 0 Å². The Balaban J connectivity index is 2.36. The summed E-state index contributed by atoms with van der Waals surface area (Å²) in [5.41, 5.74) is 1.32. The van der Waals surface area contributed by atoms with Crippen molar-refractivity contribution in [2.24, 2.45) is 0 Å². The zero-order valence-electron chi connectivity index (χ0n) is 10.6. The van der Waals surface area contributed by atoms with Crippen LogP contribution in [0.4, 0.5) is 4.39 Å². The summed E-state index contributed by atoms with van der Waals surface area (Å²) in [6.45, 7) is 5.09. The number of rotatable bonds is 7. The molecule has 1 aromatic carbocycles. The molecule has 0 fully saturated rings. The predicted molar refractivity (Wildman–Crippen MR) is 66.4 cm³/mol. The molecule has 2 nitrogen and oxygen atoms in total. The molecule has 0 aliphatic rings. The fourth-order valence-electron chi connectivity index (χ4n) is 1.59. The van der Waals surface area contributed by atoms with Gasteiger partial charge >= 0.3 is 0 Å². The Morgan fingerprint density at radius 3 is 2.76 bits per heavy atom. The van der Waals surface area contributed by atoms with Gasteiger partial charge in [0.2, 0.25) is 0 Å². The second kappa shape index (κ2) is 7.41. The van der Waals surface area contributed by atoms with Crippen LogP contribution >= 0.6 is 0 Å². The van der Waals surface area contributed by atoms with Gasteiger partial charge in [0.15, 0.2) is 0 Å². The van der Waals surface area contributed by atoms with Crippen LogP contribution in [0.2, 0.25) is 0 Å². The number of halogens is 1. The van der Waals surface area contributed by atoms with E-state index in [0.29, 0.717) is 18.6 Å². The lowest BCUT2D eigenvalue weighted by Crippen LogP contribution is -2.04. The standard InChI is InChI=1S/C14H21FO2/c1-3-4-8-17-9-7-14(16)12-5-6-13(15)11(2)10-12/h5-6,10,14,16H,3-4,7-9H2,1-2H3. The van der Waals surface area contributed by atoms with E-state index >= 15 is 0 Å². The van der Waals surface area contributed by atoms with Gasteiger partial charge in [-0.15, -0.1) is 0 Å². The van der Waals surface area contributed by atoms with E-state index in [9.17, 15) is 9.50 Å². The number of aliphatic hydroxyl groups excluding tert-OH is 1. The number of hydrogen-bond acceptors (Lipinski definition) is 2. The van der Waals surface area contributed by atoms with Crippen molar-refractivity contribution in [3.63, 3.8) is 0 Å². The summed E-state index contributed by atoms with van der Waals surface area (Å²) in [4.78, 5) is 0. The third kappa shape index (κ3) is 4.84. The Morgan fingerprint density at radius 1 is 1.35 bits per heavy atom. The summed E-state index contributed by atoms with van der Waals surface area (Å²) < 4.78 is 18.4. The maximum atomic E-state index is 13.0. The van der Waals surface area contributed by atoms with E-state index in [-0.39, 0.29) is 5.82 Å². The van der Waals surface area contributed by atoms with Crippen molar-refractivity contribution in [2.45, 2.75) is 39.2 Å². The second-order valence-corrected chi connectivity index (χ2v) is 4.28. The van der Waals surface area contributed by atoms with Crippen molar-refractivity contribution in [1.29, 1.82) is 0 Å². The lowest BCUT2D eigenvalue weighted by molar-refractivity contribution is 0.0804. The molecule has 1 rings (SSSR count). The third-order valence-corrected chi connectivity index (χ3v) is 2.74. The van der Waals surface area contributed by atoms with Crippen molar-refractivity contribution in [3.05, 3.63) is 35.1 Å². The molecule has 0 heterocycles. The van der Waals surface area contributed by atoms with Gasteiger partial charge in [0.05, 0.1) is 6.10 Å². The molecule has 96 valence electrons. The van der Waals surface area contributed by atoms with Gasteiger partial charge in [0, 0.05) is 19.6 Å². The molecular weight excluding hydrogens is 219 g/mol. The van der Waals surface area contributed by atoms with Crippen LogP contribution in [0.1, 0.15) is 43.4 Å². The molecule has 0 saturated carbocycles. The molecule has 1 unspecified atom stereocenters. The fourth-order valence-corrected chi connectivity index (χ4v) is 1.59. The van der Waals surface area contributed by atoms with E-state index in [0.717, 1.165) is 25.0 Å². The van der Waals surface area contributed by atoms with Crippen molar-refractivity contribution in [2.75, 3.05) is 13.2 Å². The van der Waals surface area contributed by atoms with E-state index < -0.39 is 6.10 Å². The van der Waals surface area contributed by atoms with E-state index in [1.807, 2.05) is 0 Å². The van der Waals surface area contributed by atoms with Crippen LogP contribution in [0.5, 0.6) is 0 Å². The van der Waals surface area contributed by atoms with Gasteiger partial charge in [-0.2, -0.15) is 0 Å². The number of ether oxygens (including phenoxy) is 1. The van der Waals surface area contributed by atoms with Crippen LogP contribution < -0.4 is 0 Å². The summed E-state index contributed by atoms with van der Waals surface area (Å²) >= 11 is 0. The number of hydrogen-bond donors (Lipinski definition) is 1. The van der Waals surface area contributed by atoms with Gasteiger partial charge in [0.25, 0.3) is 0 Å². The molecule has 0 aliphatic carbocycles. The molecule has 1 N–H and O–H groups in total. The van der Waals surface area contributed by atoms with Crippen molar-refractivity contribution >= 4 is 0 Å². The topological polar surface area (TPSA) is 29.5 Å². The Kier molecular flexibility index (Phi) is 6.16. The number of aryl methyl sites for hydroxylation is 1. The Bertz CT molecular complexity index is 339. The van der Waals surface area contributed by atoms with Gasteiger partial charge in [-0.05, 0) is 30.5 Å². The fraction of sp³-hybridized carbons (Fsp3) is 0.571.